The molecule has 1 unspecified atom stereocenters. The van der Waals surface area contributed by atoms with Gasteiger partial charge in [-0.25, -0.2) is 4.79 Å². The normalized spacial score (nSPS) is 14.8. The van der Waals surface area contributed by atoms with E-state index in [0.29, 0.717) is 12.2 Å². The van der Waals surface area contributed by atoms with Gasteiger partial charge < -0.3 is 9.47 Å². The molecule has 0 N–H and O–H groups in total. The van der Waals surface area contributed by atoms with Crippen molar-refractivity contribution in [2.75, 3.05) is 7.11 Å². The van der Waals surface area contributed by atoms with Crippen molar-refractivity contribution in [2.24, 2.45) is 0 Å². The maximum Gasteiger partial charge on any atom is 0.334 e. The Balaban J connectivity index is 1.98. The molecule has 0 aromatic heterocycles. The molecule has 3 nitrogen and oxygen atoms in total. The van der Waals surface area contributed by atoms with Crippen LogP contribution in [0.1, 0.15) is 29.7 Å². The van der Waals surface area contributed by atoms with Crippen LogP contribution in [0.5, 0.6) is 0 Å². The third-order valence-electron chi connectivity index (χ3n) is 4.79. The van der Waals surface area contributed by atoms with E-state index in [-0.39, 0.29) is 5.97 Å². The molecule has 0 fully saturated rings. The fourth-order valence-corrected chi connectivity index (χ4v) is 3.65. The molecule has 0 bridgehead atoms. The number of carbonyl (C=O) groups is 1. The molecule has 0 spiro atoms. The highest BCUT2D eigenvalue weighted by Gasteiger charge is 2.30. The third-order valence-corrected chi connectivity index (χ3v) is 4.79. The largest absolute Gasteiger partial charge is 0.449 e. The standard InChI is InChI=1S/C23H20O3/c1-14(2)23(24)26-22-19-9-5-7-16-6-4-8-18(21(16)19)17-11-10-15(13-25-3)12-20(17)22/h4-12,22H,1,13H2,2-3H3. The van der Waals surface area contributed by atoms with Crippen LogP contribution in [0.4, 0.5) is 0 Å². The molecular formula is C23H20O3. The Kier molecular flexibility index (Phi) is 4.09. The number of carbonyl (C=O) groups excluding carboxylic acids is 1. The van der Waals surface area contributed by atoms with Crippen molar-refractivity contribution in [2.45, 2.75) is 19.6 Å². The Labute approximate surface area is 152 Å². The van der Waals surface area contributed by atoms with Crippen LogP contribution >= 0.6 is 0 Å². The molecule has 26 heavy (non-hydrogen) atoms. The minimum absolute atomic E-state index is 0.380. The van der Waals surface area contributed by atoms with Gasteiger partial charge in [-0.2, -0.15) is 0 Å². The number of esters is 1. The van der Waals surface area contributed by atoms with Gasteiger partial charge in [0.1, 0.15) is 0 Å². The summed E-state index contributed by atoms with van der Waals surface area (Å²) in [6.45, 7) is 5.91. The van der Waals surface area contributed by atoms with Gasteiger partial charge >= 0.3 is 5.97 Å². The van der Waals surface area contributed by atoms with E-state index in [1.54, 1.807) is 14.0 Å². The van der Waals surface area contributed by atoms with Crippen molar-refractivity contribution in [1.82, 2.24) is 0 Å². The molecule has 0 saturated heterocycles. The average Bonchev–Trinajstić information content (AvgIpc) is 2.65. The van der Waals surface area contributed by atoms with Gasteiger partial charge in [-0.15, -0.1) is 0 Å². The SMILES string of the molecule is C=C(C)C(=O)OC1c2cc(COC)ccc2-c2cccc3cccc1c23. The summed E-state index contributed by atoms with van der Waals surface area (Å²) in [5, 5.41) is 2.28. The van der Waals surface area contributed by atoms with Crippen molar-refractivity contribution in [3.8, 4) is 11.1 Å². The van der Waals surface area contributed by atoms with Crippen molar-refractivity contribution < 1.29 is 14.3 Å². The highest BCUT2D eigenvalue weighted by atomic mass is 16.5. The van der Waals surface area contributed by atoms with Gasteiger partial charge in [-0.3, -0.25) is 0 Å². The molecular weight excluding hydrogens is 324 g/mol. The zero-order valence-electron chi connectivity index (χ0n) is 14.9. The molecule has 130 valence electrons. The zero-order valence-corrected chi connectivity index (χ0v) is 14.9. The van der Waals surface area contributed by atoms with E-state index in [9.17, 15) is 4.79 Å². The summed E-state index contributed by atoms with van der Waals surface area (Å²) in [6.07, 6.45) is -0.454. The minimum Gasteiger partial charge on any atom is -0.449 e. The van der Waals surface area contributed by atoms with Crippen LogP contribution < -0.4 is 0 Å². The summed E-state index contributed by atoms with van der Waals surface area (Å²) in [5.74, 6) is -0.380. The number of hydrogen-bond acceptors (Lipinski definition) is 3. The lowest BCUT2D eigenvalue weighted by Crippen LogP contribution is -2.17. The van der Waals surface area contributed by atoms with Crippen LogP contribution in [-0.4, -0.2) is 13.1 Å². The molecule has 1 aliphatic rings. The Hall–Kier alpha value is -2.91. The second kappa shape index (κ2) is 6.43. The van der Waals surface area contributed by atoms with E-state index < -0.39 is 6.10 Å². The first kappa shape index (κ1) is 16.6. The van der Waals surface area contributed by atoms with Gasteiger partial charge in [0.25, 0.3) is 0 Å². The first-order valence-electron chi connectivity index (χ1n) is 8.60. The van der Waals surface area contributed by atoms with Crippen LogP contribution in [-0.2, 0) is 20.9 Å². The number of rotatable bonds is 4. The number of ether oxygens (including phenoxy) is 2. The van der Waals surface area contributed by atoms with E-state index in [1.807, 2.05) is 12.1 Å². The van der Waals surface area contributed by atoms with E-state index in [0.717, 1.165) is 33.0 Å². The van der Waals surface area contributed by atoms with Gasteiger partial charge in [0, 0.05) is 23.8 Å². The number of hydrogen-bond donors (Lipinski definition) is 0. The quantitative estimate of drug-likeness (QED) is 0.483. The molecule has 3 aromatic carbocycles. The second-order valence-electron chi connectivity index (χ2n) is 6.67. The number of methoxy groups -OCH3 is 1. The third kappa shape index (κ3) is 2.61. The van der Waals surface area contributed by atoms with Crippen molar-refractivity contribution >= 4 is 16.7 Å². The molecule has 0 radical (unpaired) electrons. The average molecular weight is 344 g/mol. The Morgan fingerprint density at radius 1 is 1.04 bits per heavy atom. The van der Waals surface area contributed by atoms with E-state index in [1.165, 1.54) is 5.56 Å². The highest BCUT2D eigenvalue weighted by Crippen LogP contribution is 2.46. The fourth-order valence-electron chi connectivity index (χ4n) is 3.65. The van der Waals surface area contributed by atoms with Crippen LogP contribution in [0.25, 0.3) is 21.9 Å². The lowest BCUT2D eigenvalue weighted by molar-refractivity contribution is -0.142. The van der Waals surface area contributed by atoms with Gasteiger partial charge in [-0.1, -0.05) is 55.1 Å². The summed E-state index contributed by atoms with van der Waals surface area (Å²) >= 11 is 0. The lowest BCUT2D eigenvalue weighted by Gasteiger charge is -2.29. The van der Waals surface area contributed by atoms with Crippen molar-refractivity contribution in [1.29, 1.82) is 0 Å². The number of benzene rings is 3. The summed E-state index contributed by atoms with van der Waals surface area (Å²) in [7, 11) is 1.67. The number of fused-ring (bicyclic) bond motifs is 2. The minimum atomic E-state index is -0.454. The maximum atomic E-state index is 12.3. The van der Waals surface area contributed by atoms with Gasteiger partial charge in [0.05, 0.1) is 6.61 Å². The van der Waals surface area contributed by atoms with E-state index >= 15 is 0 Å². The first-order chi connectivity index (χ1) is 12.6. The van der Waals surface area contributed by atoms with E-state index in [2.05, 4.69) is 49.0 Å². The molecule has 1 aliphatic carbocycles. The van der Waals surface area contributed by atoms with Gasteiger partial charge in [-0.05, 0) is 40.5 Å². The van der Waals surface area contributed by atoms with Gasteiger partial charge in [0.2, 0.25) is 0 Å². The Morgan fingerprint density at radius 2 is 1.81 bits per heavy atom. The zero-order chi connectivity index (χ0) is 18.3. The fraction of sp³-hybridized carbons (Fsp3) is 0.174. The van der Waals surface area contributed by atoms with Crippen LogP contribution in [0.15, 0.2) is 66.7 Å². The van der Waals surface area contributed by atoms with Gasteiger partial charge in [0.15, 0.2) is 6.10 Å². The van der Waals surface area contributed by atoms with Crippen LogP contribution in [0.3, 0.4) is 0 Å². The molecule has 4 rings (SSSR count). The van der Waals surface area contributed by atoms with Crippen LogP contribution in [0.2, 0.25) is 0 Å². The summed E-state index contributed by atoms with van der Waals surface area (Å²) in [6, 6.07) is 18.6. The van der Waals surface area contributed by atoms with E-state index in [4.69, 9.17) is 9.47 Å². The lowest BCUT2D eigenvalue weighted by atomic mass is 9.81. The Morgan fingerprint density at radius 3 is 2.54 bits per heavy atom. The molecule has 3 aromatic rings. The molecule has 3 heteroatoms. The highest BCUT2D eigenvalue weighted by molar-refractivity contribution is 6.02. The predicted molar refractivity (Wildman–Crippen MR) is 103 cm³/mol. The monoisotopic (exact) mass is 344 g/mol. The molecule has 0 aliphatic heterocycles. The van der Waals surface area contributed by atoms with Crippen molar-refractivity contribution in [3.63, 3.8) is 0 Å². The summed E-state index contributed by atoms with van der Waals surface area (Å²) in [4.78, 5) is 12.3. The molecule has 0 heterocycles. The smallest absolute Gasteiger partial charge is 0.334 e. The Bertz CT molecular complexity index is 1030. The second-order valence-corrected chi connectivity index (χ2v) is 6.67. The molecule has 0 amide bonds. The maximum absolute atomic E-state index is 12.3. The summed E-state index contributed by atoms with van der Waals surface area (Å²) < 4.78 is 11.2. The summed E-state index contributed by atoms with van der Waals surface area (Å²) in [5.41, 5.74) is 5.70. The predicted octanol–water partition coefficient (Wildman–Crippen LogP) is 5.18. The van der Waals surface area contributed by atoms with Crippen molar-refractivity contribution in [3.05, 3.63) is 83.4 Å². The van der Waals surface area contributed by atoms with Crippen LogP contribution in [0, 0.1) is 0 Å². The first-order valence-corrected chi connectivity index (χ1v) is 8.60. The molecule has 0 saturated carbocycles. The molecule has 1 atom stereocenters. The topological polar surface area (TPSA) is 35.5 Å².